The number of benzene rings is 1. The van der Waals surface area contributed by atoms with Crippen LogP contribution in [0.3, 0.4) is 0 Å². The van der Waals surface area contributed by atoms with Gasteiger partial charge in [0.15, 0.2) is 0 Å². The molecular formula is C19H25NO2. The molecule has 118 valence electrons. The average Bonchev–Trinajstić information content (AvgIpc) is 2.50. The molecule has 1 aliphatic heterocycles. The molecule has 0 spiro atoms. The highest BCUT2D eigenvalue weighted by Crippen LogP contribution is 2.56. The highest BCUT2D eigenvalue weighted by Gasteiger charge is 2.55. The fourth-order valence-electron chi connectivity index (χ4n) is 5.47. The highest BCUT2D eigenvalue weighted by atomic mass is 16.3. The predicted molar refractivity (Wildman–Crippen MR) is 87.0 cm³/mol. The molecular weight excluding hydrogens is 274 g/mol. The topological polar surface area (TPSA) is 43.7 Å². The molecule has 0 aromatic heterocycles. The van der Waals surface area contributed by atoms with Crippen LogP contribution in [0.2, 0.25) is 0 Å². The number of aromatic hydroxyl groups is 1. The third kappa shape index (κ3) is 1.95. The number of phenols is 1. The van der Waals surface area contributed by atoms with Crippen molar-refractivity contribution < 1.29 is 10.2 Å². The van der Waals surface area contributed by atoms with Gasteiger partial charge in [-0.2, -0.15) is 0 Å². The molecule has 2 fully saturated rings. The van der Waals surface area contributed by atoms with Gasteiger partial charge < -0.3 is 10.2 Å². The number of likely N-dealkylation sites (tertiary alicyclic amines) is 1. The van der Waals surface area contributed by atoms with Gasteiger partial charge in [0.2, 0.25) is 0 Å². The molecule has 3 heteroatoms. The van der Waals surface area contributed by atoms with Crippen molar-refractivity contribution in [2.75, 3.05) is 13.1 Å². The first kappa shape index (κ1) is 14.3. The second-order valence-electron chi connectivity index (χ2n) is 7.34. The van der Waals surface area contributed by atoms with Crippen LogP contribution >= 0.6 is 0 Å². The number of piperidine rings is 1. The largest absolute Gasteiger partial charge is 0.508 e. The van der Waals surface area contributed by atoms with E-state index in [1.165, 1.54) is 11.1 Å². The summed E-state index contributed by atoms with van der Waals surface area (Å²) in [5, 5.41) is 20.3. The molecule has 4 atom stereocenters. The summed E-state index contributed by atoms with van der Waals surface area (Å²) in [6.07, 6.45) is 6.81. The Kier molecular flexibility index (Phi) is 3.31. The van der Waals surface area contributed by atoms with Gasteiger partial charge in [-0.05, 0) is 67.8 Å². The standard InChI is InChI=1S/C19H25NO2/c1-2-8-20-9-7-19-12-15(22)5-6-16(19)18(20)10-13-3-4-14(21)11-17(13)19/h2-4,11,15-16,18,21-22H,1,5-10,12H2/t15-,16-,18+,19-/m0/s1. The van der Waals surface area contributed by atoms with Crippen LogP contribution in [0.4, 0.5) is 0 Å². The maximum absolute atomic E-state index is 10.3. The van der Waals surface area contributed by atoms with Crippen molar-refractivity contribution in [1.29, 1.82) is 0 Å². The van der Waals surface area contributed by atoms with E-state index in [1.807, 2.05) is 18.2 Å². The molecule has 3 aliphatic rings. The normalized spacial score (nSPS) is 37.2. The van der Waals surface area contributed by atoms with Gasteiger partial charge in [-0.3, -0.25) is 4.90 Å². The van der Waals surface area contributed by atoms with E-state index in [-0.39, 0.29) is 11.5 Å². The maximum Gasteiger partial charge on any atom is 0.115 e. The lowest BCUT2D eigenvalue weighted by Gasteiger charge is -2.59. The minimum Gasteiger partial charge on any atom is -0.508 e. The first-order valence-corrected chi connectivity index (χ1v) is 8.49. The van der Waals surface area contributed by atoms with E-state index in [4.69, 9.17) is 0 Å². The summed E-state index contributed by atoms with van der Waals surface area (Å²) in [6.45, 7) is 5.93. The quantitative estimate of drug-likeness (QED) is 0.825. The lowest BCUT2D eigenvalue weighted by atomic mass is 9.52. The Morgan fingerprint density at radius 1 is 1.36 bits per heavy atom. The van der Waals surface area contributed by atoms with E-state index < -0.39 is 0 Å². The molecule has 2 aliphatic carbocycles. The Morgan fingerprint density at radius 2 is 2.23 bits per heavy atom. The third-order valence-corrected chi connectivity index (χ3v) is 6.32. The van der Waals surface area contributed by atoms with E-state index in [1.54, 1.807) is 0 Å². The van der Waals surface area contributed by atoms with Crippen LogP contribution in [-0.2, 0) is 11.8 Å². The molecule has 1 saturated heterocycles. The first-order valence-electron chi connectivity index (χ1n) is 8.49. The summed E-state index contributed by atoms with van der Waals surface area (Å²) >= 11 is 0. The van der Waals surface area contributed by atoms with Crippen molar-refractivity contribution >= 4 is 0 Å². The summed E-state index contributed by atoms with van der Waals surface area (Å²) in [4.78, 5) is 2.57. The third-order valence-electron chi connectivity index (χ3n) is 6.32. The number of rotatable bonds is 2. The van der Waals surface area contributed by atoms with Crippen LogP contribution < -0.4 is 0 Å². The van der Waals surface area contributed by atoms with Gasteiger partial charge in [0, 0.05) is 18.0 Å². The smallest absolute Gasteiger partial charge is 0.115 e. The Hall–Kier alpha value is -1.32. The number of hydrogen-bond acceptors (Lipinski definition) is 3. The van der Waals surface area contributed by atoms with Gasteiger partial charge in [0.1, 0.15) is 5.75 Å². The molecule has 1 saturated carbocycles. The molecule has 2 bridgehead atoms. The molecule has 1 aromatic carbocycles. The zero-order valence-corrected chi connectivity index (χ0v) is 13.0. The van der Waals surface area contributed by atoms with E-state index in [2.05, 4.69) is 17.5 Å². The summed E-state index contributed by atoms with van der Waals surface area (Å²) < 4.78 is 0. The van der Waals surface area contributed by atoms with Gasteiger partial charge >= 0.3 is 0 Å². The van der Waals surface area contributed by atoms with Crippen LogP contribution in [0, 0.1) is 5.92 Å². The van der Waals surface area contributed by atoms with E-state index in [0.717, 1.165) is 45.2 Å². The fraction of sp³-hybridized carbons (Fsp3) is 0.579. The SMILES string of the molecule is C=CCN1CC[C@]23C[C@@H](O)CC[C@H]2[C@H]1Cc1ccc(O)cc13. The lowest BCUT2D eigenvalue weighted by molar-refractivity contribution is -0.0443. The van der Waals surface area contributed by atoms with E-state index in [0.29, 0.717) is 17.7 Å². The molecule has 2 N–H and O–H groups in total. The number of aliphatic hydroxyl groups is 1. The minimum atomic E-state index is -0.198. The molecule has 3 nitrogen and oxygen atoms in total. The van der Waals surface area contributed by atoms with Gasteiger partial charge in [-0.15, -0.1) is 6.58 Å². The fourth-order valence-corrected chi connectivity index (χ4v) is 5.47. The minimum absolute atomic E-state index is 0.0618. The summed E-state index contributed by atoms with van der Waals surface area (Å²) in [5.74, 6) is 0.956. The maximum atomic E-state index is 10.3. The van der Waals surface area contributed by atoms with Crippen molar-refractivity contribution in [2.45, 2.75) is 49.7 Å². The van der Waals surface area contributed by atoms with Crippen LogP contribution in [0.15, 0.2) is 30.9 Å². The second-order valence-corrected chi connectivity index (χ2v) is 7.34. The van der Waals surface area contributed by atoms with Crippen LogP contribution in [0.5, 0.6) is 5.75 Å². The number of hydrogen-bond donors (Lipinski definition) is 2. The average molecular weight is 299 g/mol. The highest BCUT2D eigenvalue weighted by molar-refractivity contribution is 5.45. The molecule has 0 unspecified atom stereocenters. The molecule has 0 radical (unpaired) electrons. The van der Waals surface area contributed by atoms with E-state index in [9.17, 15) is 10.2 Å². The predicted octanol–water partition coefficient (Wildman–Crippen LogP) is 2.61. The molecule has 22 heavy (non-hydrogen) atoms. The van der Waals surface area contributed by atoms with Gasteiger partial charge in [0.25, 0.3) is 0 Å². The Bertz CT molecular complexity index is 599. The first-order chi connectivity index (χ1) is 10.6. The van der Waals surface area contributed by atoms with Crippen molar-refractivity contribution in [3.05, 3.63) is 42.0 Å². The van der Waals surface area contributed by atoms with Gasteiger partial charge in [0.05, 0.1) is 6.10 Å². The monoisotopic (exact) mass is 299 g/mol. The lowest BCUT2D eigenvalue weighted by Crippen LogP contribution is -2.62. The summed E-state index contributed by atoms with van der Waals surface area (Å²) in [7, 11) is 0. The van der Waals surface area contributed by atoms with Crippen LogP contribution in [0.1, 0.15) is 36.8 Å². The number of nitrogens with zero attached hydrogens (tertiary/aromatic N) is 1. The summed E-state index contributed by atoms with van der Waals surface area (Å²) in [6, 6.07) is 6.42. The number of aliphatic hydroxyl groups excluding tert-OH is 1. The number of fused-ring (bicyclic) bond motifs is 1. The van der Waals surface area contributed by atoms with E-state index >= 15 is 0 Å². The summed E-state index contributed by atoms with van der Waals surface area (Å²) in [5.41, 5.74) is 2.74. The number of phenolic OH excluding ortho intramolecular Hbond substituents is 1. The van der Waals surface area contributed by atoms with Crippen LogP contribution in [0.25, 0.3) is 0 Å². The van der Waals surface area contributed by atoms with Crippen molar-refractivity contribution in [2.24, 2.45) is 5.92 Å². The van der Waals surface area contributed by atoms with Crippen molar-refractivity contribution in [3.8, 4) is 5.75 Å². The Labute approximate surface area is 132 Å². The van der Waals surface area contributed by atoms with Crippen molar-refractivity contribution in [1.82, 2.24) is 4.90 Å². The van der Waals surface area contributed by atoms with Crippen molar-refractivity contribution in [3.63, 3.8) is 0 Å². The molecule has 1 aromatic rings. The Morgan fingerprint density at radius 3 is 3.05 bits per heavy atom. The second kappa shape index (κ2) is 5.10. The van der Waals surface area contributed by atoms with Gasteiger partial charge in [-0.1, -0.05) is 12.1 Å². The van der Waals surface area contributed by atoms with Crippen LogP contribution in [-0.4, -0.2) is 40.3 Å². The Balaban J connectivity index is 1.83. The molecule has 1 heterocycles. The molecule has 0 amide bonds. The zero-order valence-electron chi connectivity index (χ0n) is 13.0. The molecule has 4 rings (SSSR count). The zero-order chi connectivity index (χ0) is 15.3. The van der Waals surface area contributed by atoms with Gasteiger partial charge in [-0.25, -0.2) is 0 Å².